The summed E-state index contributed by atoms with van der Waals surface area (Å²) in [5.74, 6) is 0.832. The smallest absolute Gasteiger partial charge is 0.225 e. The highest BCUT2D eigenvalue weighted by Crippen LogP contribution is 2.31. The largest absolute Gasteiger partial charge is 0.347 e. The summed E-state index contributed by atoms with van der Waals surface area (Å²) >= 11 is 0. The molecule has 1 N–H and O–H groups in total. The van der Waals surface area contributed by atoms with Gasteiger partial charge in [-0.15, -0.1) is 0 Å². The molecule has 1 fully saturated rings. The third-order valence-corrected chi connectivity index (χ3v) is 4.11. The van der Waals surface area contributed by atoms with Crippen LogP contribution in [0, 0.1) is 0 Å². The molecule has 0 saturated heterocycles. The van der Waals surface area contributed by atoms with Crippen LogP contribution >= 0.6 is 0 Å². The van der Waals surface area contributed by atoms with Gasteiger partial charge in [-0.05, 0) is 32.1 Å². The maximum absolute atomic E-state index is 4.69. The average Bonchev–Trinajstić information content (AvgIpc) is 2.33. The van der Waals surface area contributed by atoms with Crippen LogP contribution in [-0.2, 0) is 6.42 Å². The number of nitrogens with one attached hydrogen (secondary N) is 1. The first-order chi connectivity index (χ1) is 8.74. The van der Waals surface area contributed by atoms with E-state index in [2.05, 4.69) is 15.3 Å². The highest BCUT2D eigenvalue weighted by atomic mass is 15.2. The summed E-state index contributed by atoms with van der Waals surface area (Å²) in [7, 11) is 3.99. The normalized spacial score (nSPS) is 23.3. The van der Waals surface area contributed by atoms with Crippen LogP contribution in [0.4, 0.5) is 5.95 Å². The molecule has 98 valence electrons. The van der Waals surface area contributed by atoms with Crippen LogP contribution in [0.15, 0.2) is 6.20 Å². The molecule has 1 aromatic rings. The molecule has 0 amide bonds. The molecule has 2 aliphatic rings. The van der Waals surface area contributed by atoms with Gasteiger partial charge >= 0.3 is 0 Å². The van der Waals surface area contributed by atoms with E-state index in [0.29, 0.717) is 6.04 Å². The lowest BCUT2D eigenvalue weighted by Crippen LogP contribution is -2.39. The number of rotatable bonds is 3. The molecule has 18 heavy (non-hydrogen) atoms. The van der Waals surface area contributed by atoms with E-state index >= 15 is 0 Å². The third-order valence-electron chi connectivity index (χ3n) is 4.11. The zero-order chi connectivity index (χ0) is 12.5. The molecule has 1 saturated carbocycles. The minimum Gasteiger partial charge on any atom is -0.347 e. The van der Waals surface area contributed by atoms with E-state index in [-0.39, 0.29) is 0 Å². The second-order valence-corrected chi connectivity index (χ2v) is 5.71. The zero-order valence-corrected chi connectivity index (χ0v) is 11.3. The molecular formula is C14H22N4. The number of anilines is 1. The summed E-state index contributed by atoms with van der Waals surface area (Å²) < 4.78 is 0. The van der Waals surface area contributed by atoms with Crippen molar-refractivity contribution in [3.63, 3.8) is 0 Å². The maximum atomic E-state index is 4.69. The Labute approximate surface area is 109 Å². The van der Waals surface area contributed by atoms with Gasteiger partial charge in [0.2, 0.25) is 5.95 Å². The lowest BCUT2D eigenvalue weighted by Gasteiger charge is -2.34. The number of aromatic nitrogens is 2. The standard InChI is InChI=1S/C14H22N4/c1-18(2)14-15-9-11-12(16-10-5-3-6-10)7-4-8-13(11)17-14/h9-10,12,16H,3-8H2,1-2H3. The van der Waals surface area contributed by atoms with Crippen molar-refractivity contribution < 1.29 is 0 Å². The van der Waals surface area contributed by atoms with E-state index in [1.54, 1.807) is 0 Å². The Morgan fingerprint density at radius 2 is 2.06 bits per heavy atom. The maximum Gasteiger partial charge on any atom is 0.225 e. The summed E-state index contributed by atoms with van der Waals surface area (Å²) in [5.41, 5.74) is 2.58. The topological polar surface area (TPSA) is 41.1 Å². The summed E-state index contributed by atoms with van der Waals surface area (Å²) in [6.07, 6.45) is 9.66. The first-order valence-corrected chi connectivity index (χ1v) is 7.03. The van der Waals surface area contributed by atoms with Gasteiger partial charge in [0.15, 0.2) is 0 Å². The van der Waals surface area contributed by atoms with Crippen molar-refractivity contribution >= 4 is 5.95 Å². The fourth-order valence-electron chi connectivity index (χ4n) is 2.78. The summed E-state index contributed by atoms with van der Waals surface area (Å²) in [6, 6.07) is 1.21. The molecule has 0 bridgehead atoms. The number of fused-ring (bicyclic) bond motifs is 1. The lowest BCUT2D eigenvalue weighted by atomic mass is 9.87. The van der Waals surface area contributed by atoms with E-state index in [4.69, 9.17) is 0 Å². The molecule has 1 unspecified atom stereocenters. The Morgan fingerprint density at radius 3 is 2.72 bits per heavy atom. The molecule has 2 aliphatic carbocycles. The Kier molecular flexibility index (Phi) is 3.20. The molecule has 0 aromatic carbocycles. The van der Waals surface area contributed by atoms with Gasteiger partial charge in [-0.1, -0.05) is 6.42 Å². The Hall–Kier alpha value is -1.16. The van der Waals surface area contributed by atoms with Crippen molar-refractivity contribution in [1.29, 1.82) is 0 Å². The molecule has 1 atom stereocenters. The lowest BCUT2D eigenvalue weighted by molar-refractivity contribution is 0.289. The Bertz CT molecular complexity index is 426. The summed E-state index contributed by atoms with van der Waals surface area (Å²) in [4.78, 5) is 11.1. The highest BCUT2D eigenvalue weighted by molar-refractivity contribution is 5.34. The van der Waals surface area contributed by atoms with Gasteiger partial charge in [-0.25, -0.2) is 9.97 Å². The third kappa shape index (κ3) is 2.21. The predicted octanol–water partition coefficient (Wildman–Crippen LogP) is 2.06. The molecule has 3 rings (SSSR count). The zero-order valence-electron chi connectivity index (χ0n) is 11.3. The van der Waals surface area contributed by atoms with Crippen LogP contribution in [0.1, 0.15) is 49.4 Å². The molecule has 1 heterocycles. The number of hydrogen-bond donors (Lipinski definition) is 1. The van der Waals surface area contributed by atoms with Crippen LogP contribution in [0.3, 0.4) is 0 Å². The van der Waals surface area contributed by atoms with Crippen LogP contribution in [0.5, 0.6) is 0 Å². The van der Waals surface area contributed by atoms with Crippen LogP contribution in [0.2, 0.25) is 0 Å². The van der Waals surface area contributed by atoms with Crippen LogP contribution in [0.25, 0.3) is 0 Å². The van der Waals surface area contributed by atoms with Crippen molar-refractivity contribution in [3.05, 3.63) is 17.5 Å². The van der Waals surface area contributed by atoms with Gasteiger partial charge < -0.3 is 10.2 Å². The van der Waals surface area contributed by atoms with Crippen molar-refractivity contribution in [2.24, 2.45) is 0 Å². The minimum atomic E-state index is 0.482. The van der Waals surface area contributed by atoms with Gasteiger partial charge in [-0.2, -0.15) is 0 Å². The molecule has 0 radical (unpaired) electrons. The summed E-state index contributed by atoms with van der Waals surface area (Å²) in [5, 5.41) is 3.77. The van der Waals surface area contributed by atoms with Crippen molar-refractivity contribution in [2.75, 3.05) is 19.0 Å². The van der Waals surface area contributed by atoms with Crippen molar-refractivity contribution in [3.8, 4) is 0 Å². The van der Waals surface area contributed by atoms with Crippen molar-refractivity contribution in [1.82, 2.24) is 15.3 Å². The predicted molar refractivity (Wildman–Crippen MR) is 72.8 cm³/mol. The number of hydrogen-bond acceptors (Lipinski definition) is 4. The van der Waals surface area contributed by atoms with E-state index in [1.165, 1.54) is 43.4 Å². The SMILES string of the molecule is CN(C)c1ncc2c(n1)CCCC2NC1CCC1. The fraction of sp³-hybridized carbons (Fsp3) is 0.714. The molecular weight excluding hydrogens is 224 g/mol. The molecule has 0 spiro atoms. The fourth-order valence-corrected chi connectivity index (χ4v) is 2.78. The van der Waals surface area contributed by atoms with E-state index < -0.39 is 0 Å². The first kappa shape index (κ1) is 11.9. The molecule has 1 aromatic heterocycles. The molecule has 0 aliphatic heterocycles. The number of aryl methyl sites for hydroxylation is 1. The van der Waals surface area contributed by atoms with Crippen LogP contribution < -0.4 is 10.2 Å². The van der Waals surface area contributed by atoms with Crippen LogP contribution in [-0.4, -0.2) is 30.1 Å². The minimum absolute atomic E-state index is 0.482. The van der Waals surface area contributed by atoms with Gasteiger partial charge in [0, 0.05) is 37.9 Å². The second-order valence-electron chi connectivity index (χ2n) is 5.71. The number of nitrogens with zero attached hydrogens (tertiary/aromatic N) is 3. The van der Waals surface area contributed by atoms with E-state index in [9.17, 15) is 0 Å². The second kappa shape index (κ2) is 4.84. The van der Waals surface area contributed by atoms with E-state index in [0.717, 1.165) is 18.4 Å². The van der Waals surface area contributed by atoms with Gasteiger partial charge in [0.05, 0.1) is 5.69 Å². The first-order valence-electron chi connectivity index (χ1n) is 7.03. The average molecular weight is 246 g/mol. The van der Waals surface area contributed by atoms with Gasteiger partial charge in [-0.3, -0.25) is 0 Å². The summed E-state index contributed by atoms with van der Waals surface area (Å²) in [6.45, 7) is 0. The molecule has 4 heteroatoms. The monoisotopic (exact) mass is 246 g/mol. The molecule has 4 nitrogen and oxygen atoms in total. The van der Waals surface area contributed by atoms with Crippen molar-refractivity contribution in [2.45, 2.75) is 50.6 Å². The Balaban J connectivity index is 1.81. The Morgan fingerprint density at radius 1 is 1.22 bits per heavy atom. The van der Waals surface area contributed by atoms with Gasteiger partial charge in [0.1, 0.15) is 0 Å². The highest BCUT2D eigenvalue weighted by Gasteiger charge is 2.26. The van der Waals surface area contributed by atoms with E-state index in [1.807, 2.05) is 25.2 Å². The van der Waals surface area contributed by atoms with Gasteiger partial charge in [0.25, 0.3) is 0 Å². The quantitative estimate of drug-likeness (QED) is 0.886.